The molecule has 0 fully saturated rings. The van der Waals surface area contributed by atoms with Crippen molar-refractivity contribution in [3.8, 4) is 5.88 Å². The average molecular weight is 239 g/mol. The molecule has 1 N–H and O–H groups in total. The molecule has 1 aromatic rings. The number of anilines is 1. The van der Waals surface area contributed by atoms with Gasteiger partial charge in [0.05, 0.1) is 6.61 Å². The van der Waals surface area contributed by atoms with Gasteiger partial charge in [0, 0.05) is 26.1 Å². The van der Waals surface area contributed by atoms with Crippen LogP contribution in [0.15, 0.2) is 6.07 Å². The first-order valence-corrected chi connectivity index (χ1v) is 5.79. The Bertz CT molecular complexity index is 356. The van der Waals surface area contributed by atoms with Crippen molar-refractivity contribution in [2.24, 2.45) is 0 Å². The van der Waals surface area contributed by atoms with Crippen LogP contribution in [0.4, 0.5) is 5.82 Å². The summed E-state index contributed by atoms with van der Waals surface area (Å²) in [6, 6.07) is 1.79. The van der Waals surface area contributed by atoms with Gasteiger partial charge in [0.2, 0.25) is 5.88 Å². The van der Waals surface area contributed by atoms with Crippen molar-refractivity contribution in [3.05, 3.63) is 11.9 Å². The average Bonchev–Trinajstić information content (AvgIpc) is 2.28. The number of hydrogen-bond acceptors (Lipinski definition) is 5. The highest BCUT2D eigenvalue weighted by Gasteiger charge is 2.10. The summed E-state index contributed by atoms with van der Waals surface area (Å²) < 4.78 is 10.7. The maximum absolute atomic E-state index is 5.67. The molecule has 0 aliphatic rings. The van der Waals surface area contributed by atoms with E-state index in [-0.39, 0.29) is 12.0 Å². The van der Waals surface area contributed by atoms with Crippen LogP contribution in [0.3, 0.4) is 0 Å². The van der Waals surface area contributed by atoms with Crippen molar-refractivity contribution >= 4 is 5.82 Å². The number of aromatic nitrogens is 2. The molecule has 17 heavy (non-hydrogen) atoms. The Morgan fingerprint density at radius 3 is 2.53 bits per heavy atom. The Morgan fingerprint density at radius 1 is 1.29 bits per heavy atom. The largest absolute Gasteiger partial charge is 0.472 e. The normalized spacial score (nSPS) is 12.6. The van der Waals surface area contributed by atoms with Gasteiger partial charge in [0.15, 0.2) is 0 Å². The Kier molecular flexibility index (Phi) is 5.15. The lowest BCUT2D eigenvalue weighted by molar-refractivity contribution is 0.0887. The van der Waals surface area contributed by atoms with Crippen molar-refractivity contribution < 1.29 is 9.47 Å². The van der Waals surface area contributed by atoms with Gasteiger partial charge in [-0.1, -0.05) is 13.8 Å². The van der Waals surface area contributed by atoms with E-state index in [1.807, 2.05) is 14.0 Å². The Labute approximate surface area is 103 Å². The van der Waals surface area contributed by atoms with Gasteiger partial charge in [-0.25, -0.2) is 4.98 Å². The van der Waals surface area contributed by atoms with E-state index in [9.17, 15) is 0 Å². The summed E-state index contributed by atoms with van der Waals surface area (Å²) in [5.41, 5.74) is 0. The second-order valence-corrected chi connectivity index (χ2v) is 4.24. The molecule has 0 amide bonds. The molecule has 0 spiro atoms. The summed E-state index contributed by atoms with van der Waals surface area (Å²) in [5.74, 6) is 2.39. The zero-order chi connectivity index (χ0) is 12.8. The Balaban J connectivity index is 2.87. The van der Waals surface area contributed by atoms with Crippen LogP contribution in [0.2, 0.25) is 0 Å². The fourth-order valence-electron chi connectivity index (χ4n) is 1.36. The summed E-state index contributed by atoms with van der Waals surface area (Å²) in [5, 5.41) is 3.01. The minimum atomic E-state index is -0.0281. The maximum Gasteiger partial charge on any atom is 0.219 e. The summed E-state index contributed by atoms with van der Waals surface area (Å²) in [6.07, 6.45) is -0.0281. The molecule has 5 nitrogen and oxygen atoms in total. The smallest absolute Gasteiger partial charge is 0.219 e. The van der Waals surface area contributed by atoms with E-state index in [1.165, 1.54) is 0 Å². The van der Waals surface area contributed by atoms with Crippen LogP contribution in [-0.4, -0.2) is 36.8 Å². The molecule has 96 valence electrons. The third-order valence-electron chi connectivity index (χ3n) is 2.22. The lowest BCUT2D eigenvalue weighted by Crippen LogP contribution is -2.19. The van der Waals surface area contributed by atoms with Crippen molar-refractivity contribution in [2.45, 2.75) is 32.8 Å². The first kappa shape index (κ1) is 13.7. The molecule has 0 aliphatic heterocycles. The van der Waals surface area contributed by atoms with Crippen LogP contribution in [-0.2, 0) is 4.74 Å². The first-order valence-electron chi connectivity index (χ1n) is 5.79. The molecular formula is C12H21N3O2. The number of nitrogens with one attached hydrogen (secondary N) is 1. The Morgan fingerprint density at radius 2 is 2.00 bits per heavy atom. The highest BCUT2D eigenvalue weighted by molar-refractivity contribution is 5.38. The van der Waals surface area contributed by atoms with Gasteiger partial charge in [-0.2, -0.15) is 4.98 Å². The predicted octanol–water partition coefficient (Wildman–Crippen LogP) is 2.06. The van der Waals surface area contributed by atoms with E-state index in [0.29, 0.717) is 12.5 Å². The molecule has 1 atom stereocenters. The van der Waals surface area contributed by atoms with Crippen molar-refractivity contribution in [1.29, 1.82) is 0 Å². The third kappa shape index (κ3) is 4.19. The molecule has 1 rings (SSSR count). The molecule has 1 aromatic heterocycles. The topological polar surface area (TPSA) is 56.3 Å². The molecule has 0 radical (unpaired) electrons. The molecule has 0 bridgehead atoms. The van der Waals surface area contributed by atoms with Crippen LogP contribution in [0.5, 0.6) is 5.88 Å². The molecular weight excluding hydrogens is 218 g/mol. The Hall–Kier alpha value is -1.36. The molecule has 1 heterocycles. The monoisotopic (exact) mass is 239 g/mol. The van der Waals surface area contributed by atoms with Crippen molar-refractivity contribution in [3.63, 3.8) is 0 Å². The molecule has 0 saturated carbocycles. The molecule has 5 heteroatoms. The van der Waals surface area contributed by atoms with Gasteiger partial charge >= 0.3 is 0 Å². The predicted molar refractivity (Wildman–Crippen MR) is 67.6 cm³/mol. The number of ether oxygens (including phenoxy) is 2. The molecule has 0 aromatic carbocycles. The third-order valence-corrected chi connectivity index (χ3v) is 2.22. The lowest BCUT2D eigenvalue weighted by Gasteiger charge is -2.15. The van der Waals surface area contributed by atoms with E-state index < -0.39 is 0 Å². The van der Waals surface area contributed by atoms with Crippen molar-refractivity contribution in [2.75, 3.05) is 26.1 Å². The zero-order valence-electron chi connectivity index (χ0n) is 11.2. The molecule has 0 saturated heterocycles. The fraction of sp³-hybridized carbons (Fsp3) is 0.667. The van der Waals surface area contributed by atoms with E-state index in [2.05, 4.69) is 29.1 Å². The highest BCUT2D eigenvalue weighted by atomic mass is 16.5. The van der Waals surface area contributed by atoms with Gasteiger partial charge in [-0.3, -0.25) is 0 Å². The van der Waals surface area contributed by atoms with Crippen LogP contribution in [0.1, 0.15) is 32.5 Å². The van der Waals surface area contributed by atoms with Crippen LogP contribution in [0.25, 0.3) is 0 Å². The number of methoxy groups -OCH3 is 1. The van der Waals surface area contributed by atoms with Crippen LogP contribution < -0.4 is 10.1 Å². The summed E-state index contributed by atoms with van der Waals surface area (Å²) in [6.45, 7) is 6.59. The van der Waals surface area contributed by atoms with Gasteiger partial charge < -0.3 is 14.8 Å². The van der Waals surface area contributed by atoms with Gasteiger partial charge in [0.1, 0.15) is 17.7 Å². The highest BCUT2D eigenvalue weighted by Crippen LogP contribution is 2.19. The standard InChI is InChI=1S/C12H21N3O2/c1-8(2)12-14-10(13-4)6-11(15-12)17-9(3)7-16-5/h6,8-9H,7H2,1-5H3,(H,13,14,15). The number of rotatable bonds is 6. The lowest BCUT2D eigenvalue weighted by atomic mass is 10.2. The second-order valence-electron chi connectivity index (χ2n) is 4.24. The molecule has 1 unspecified atom stereocenters. The fourth-order valence-corrected chi connectivity index (χ4v) is 1.36. The SMILES string of the molecule is CNc1cc(OC(C)COC)nc(C(C)C)n1. The van der Waals surface area contributed by atoms with Gasteiger partial charge in [0.25, 0.3) is 0 Å². The minimum Gasteiger partial charge on any atom is -0.472 e. The van der Waals surface area contributed by atoms with Crippen LogP contribution >= 0.6 is 0 Å². The van der Waals surface area contributed by atoms with E-state index in [4.69, 9.17) is 9.47 Å². The second kappa shape index (κ2) is 6.39. The van der Waals surface area contributed by atoms with Gasteiger partial charge in [-0.15, -0.1) is 0 Å². The summed E-state index contributed by atoms with van der Waals surface area (Å²) in [4.78, 5) is 8.75. The van der Waals surface area contributed by atoms with Gasteiger partial charge in [-0.05, 0) is 6.92 Å². The number of nitrogens with zero attached hydrogens (tertiary/aromatic N) is 2. The maximum atomic E-state index is 5.67. The zero-order valence-corrected chi connectivity index (χ0v) is 11.2. The quantitative estimate of drug-likeness (QED) is 0.823. The minimum absolute atomic E-state index is 0.0281. The summed E-state index contributed by atoms with van der Waals surface area (Å²) >= 11 is 0. The van der Waals surface area contributed by atoms with Crippen LogP contribution in [0, 0.1) is 0 Å². The van der Waals surface area contributed by atoms with E-state index in [0.717, 1.165) is 11.6 Å². The van der Waals surface area contributed by atoms with E-state index in [1.54, 1.807) is 13.2 Å². The first-order chi connectivity index (χ1) is 8.06. The van der Waals surface area contributed by atoms with E-state index >= 15 is 0 Å². The van der Waals surface area contributed by atoms with Crippen molar-refractivity contribution in [1.82, 2.24) is 9.97 Å². The summed E-state index contributed by atoms with van der Waals surface area (Å²) in [7, 11) is 3.48. The molecule has 0 aliphatic carbocycles. The number of hydrogen-bond donors (Lipinski definition) is 1.